The number of sulfonamides is 1. The van der Waals surface area contributed by atoms with Crippen LogP contribution in [0.3, 0.4) is 0 Å². The van der Waals surface area contributed by atoms with Gasteiger partial charge in [0.05, 0.1) is 18.0 Å². The number of hydrogen-bond acceptors (Lipinski definition) is 4. The first-order valence-electron chi connectivity index (χ1n) is 10.3. The van der Waals surface area contributed by atoms with Gasteiger partial charge in [0, 0.05) is 31.2 Å². The molecule has 1 atom stereocenters. The average Bonchev–Trinajstić information content (AvgIpc) is 2.73. The van der Waals surface area contributed by atoms with Gasteiger partial charge in [-0.2, -0.15) is 0 Å². The van der Waals surface area contributed by atoms with E-state index in [9.17, 15) is 13.5 Å². The fourth-order valence-corrected chi connectivity index (χ4v) is 5.41. The number of benzene rings is 2. The minimum atomic E-state index is -3.28. The van der Waals surface area contributed by atoms with Crippen LogP contribution in [0.2, 0.25) is 5.02 Å². The normalized spacial score (nSPS) is 18.6. The van der Waals surface area contributed by atoms with Crippen molar-refractivity contribution in [1.29, 1.82) is 0 Å². The third-order valence-electron chi connectivity index (χ3n) is 5.90. The largest absolute Gasteiger partial charge is 0.387 e. The molecule has 0 amide bonds. The molecule has 1 N–H and O–H groups in total. The fourth-order valence-electron chi connectivity index (χ4n) is 4.29. The molecule has 0 radical (unpaired) electrons. The zero-order valence-electron chi connectivity index (χ0n) is 17.1. The molecule has 30 heavy (non-hydrogen) atoms. The molecule has 2 aromatic carbocycles. The molecule has 0 fully saturated rings. The number of β-amino-alcohol motifs (C(OH)–C–C–N with tert-alkyl or cyclic N) is 1. The molecule has 2 aliphatic rings. The van der Waals surface area contributed by atoms with Gasteiger partial charge in [0.25, 0.3) is 0 Å². The maximum absolute atomic E-state index is 12.0. The summed E-state index contributed by atoms with van der Waals surface area (Å²) < 4.78 is 25.5. The minimum Gasteiger partial charge on any atom is -0.387 e. The van der Waals surface area contributed by atoms with Crippen LogP contribution >= 0.6 is 11.6 Å². The zero-order chi connectivity index (χ0) is 21.3. The molecule has 2 aliphatic heterocycles. The molecule has 160 valence electrons. The molecule has 2 aromatic rings. The second-order valence-electron chi connectivity index (χ2n) is 8.09. The van der Waals surface area contributed by atoms with E-state index >= 15 is 0 Å². The van der Waals surface area contributed by atoms with E-state index in [1.165, 1.54) is 21.7 Å². The number of rotatable bonds is 5. The lowest BCUT2D eigenvalue weighted by atomic mass is 9.97. The molecule has 0 saturated carbocycles. The molecule has 2 heterocycles. The second-order valence-corrected chi connectivity index (χ2v) is 10.4. The first-order valence-corrected chi connectivity index (χ1v) is 12.5. The van der Waals surface area contributed by atoms with Crippen molar-refractivity contribution in [2.45, 2.75) is 25.4 Å². The fraction of sp³-hybridized carbons (Fsp3) is 0.391. The summed E-state index contributed by atoms with van der Waals surface area (Å²) in [5.41, 5.74) is 5.09. The average molecular weight is 447 g/mol. The Hall–Kier alpha value is -1.86. The van der Waals surface area contributed by atoms with Crippen molar-refractivity contribution in [3.63, 3.8) is 0 Å². The Kier molecular flexibility index (Phi) is 6.21. The van der Waals surface area contributed by atoms with E-state index in [-0.39, 0.29) is 0 Å². The molecule has 5 nitrogen and oxygen atoms in total. The molecule has 0 spiro atoms. The lowest BCUT2D eigenvalue weighted by molar-refractivity contribution is 0.119. The molecular weight excluding hydrogens is 420 g/mol. The van der Waals surface area contributed by atoms with E-state index in [2.05, 4.69) is 11.0 Å². The van der Waals surface area contributed by atoms with Gasteiger partial charge in [-0.25, -0.2) is 8.42 Å². The van der Waals surface area contributed by atoms with Gasteiger partial charge in [-0.3, -0.25) is 9.21 Å². The van der Waals surface area contributed by atoms with Crippen molar-refractivity contribution in [3.05, 3.63) is 70.3 Å². The number of aliphatic hydroxyl groups is 1. The summed E-state index contributed by atoms with van der Waals surface area (Å²) in [4.78, 5) is 2.24. The standard InChI is InChI=1S/C23H27ClN2O3S/c1-30(28,29)26-12-2-3-19-15-20(6-9-22(19)26)23(27)16-25-13-10-18(11-14-25)17-4-7-21(24)8-5-17/h4-10,15,23,27H,2-3,11-14,16H2,1H3/t23-/m0/s1. The highest BCUT2D eigenvalue weighted by Crippen LogP contribution is 2.32. The summed E-state index contributed by atoms with van der Waals surface area (Å²) >= 11 is 5.98. The number of aliphatic hydroxyl groups excluding tert-OH is 1. The Morgan fingerprint density at radius 3 is 2.53 bits per heavy atom. The molecule has 4 rings (SSSR count). The number of anilines is 1. The van der Waals surface area contributed by atoms with Crippen LogP contribution in [0.5, 0.6) is 0 Å². The van der Waals surface area contributed by atoms with Crippen LogP contribution in [-0.4, -0.2) is 50.9 Å². The maximum Gasteiger partial charge on any atom is 0.232 e. The van der Waals surface area contributed by atoms with E-state index in [4.69, 9.17) is 11.6 Å². The Morgan fingerprint density at radius 2 is 1.87 bits per heavy atom. The van der Waals surface area contributed by atoms with Gasteiger partial charge < -0.3 is 5.11 Å². The molecule has 7 heteroatoms. The molecule has 0 saturated heterocycles. The van der Waals surface area contributed by atoms with Crippen LogP contribution < -0.4 is 4.31 Å². The van der Waals surface area contributed by atoms with Gasteiger partial charge in [0.15, 0.2) is 0 Å². The summed E-state index contributed by atoms with van der Waals surface area (Å²) in [6.45, 7) is 2.75. The maximum atomic E-state index is 12.0. The SMILES string of the molecule is CS(=O)(=O)N1CCCc2cc([C@@H](O)CN3CC=C(c4ccc(Cl)cc4)CC3)ccc21. The third-order valence-corrected chi connectivity index (χ3v) is 7.34. The lowest BCUT2D eigenvalue weighted by Gasteiger charge is -2.31. The van der Waals surface area contributed by atoms with Gasteiger partial charge in [-0.05, 0) is 59.7 Å². The van der Waals surface area contributed by atoms with Crippen molar-refractivity contribution < 1.29 is 13.5 Å². The molecule has 0 unspecified atom stereocenters. The van der Waals surface area contributed by atoms with Crippen molar-refractivity contribution in [2.24, 2.45) is 0 Å². The summed E-state index contributed by atoms with van der Waals surface area (Å²) in [7, 11) is -3.28. The highest BCUT2D eigenvalue weighted by molar-refractivity contribution is 7.92. The zero-order valence-corrected chi connectivity index (χ0v) is 18.7. The topological polar surface area (TPSA) is 60.9 Å². The van der Waals surface area contributed by atoms with Gasteiger partial charge in [-0.1, -0.05) is 41.9 Å². The monoisotopic (exact) mass is 446 g/mol. The smallest absolute Gasteiger partial charge is 0.232 e. The van der Waals surface area contributed by atoms with Gasteiger partial charge >= 0.3 is 0 Å². The summed E-state index contributed by atoms with van der Waals surface area (Å²) in [5, 5.41) is 11.5. The summed E-state index contributed by atoms with van der Waals surface area (Å²) in [6, 6.07) is 13.6. The van der Waals surface area contributed by atoms with E-state index in [0.29, 0.717) is 13.1 Å². The Bertz CT molecular complexity index is 1050. The van der Waals surface area contributed by atoms with Gasteiger partial charge in [0.2, 0.25) is 10.0 Å². The first-order chi connectivity index (χ1) is 14.3. The summed E-state index contributed by atoms with van der Waals surface area (Å²) in [5.74, 6) is 0. The molecule has 0 aromatic heterocycles. The highest BCUT2D eigenvalue weighted by atomic mass is 35.5. The predicted octanol–water partition coefficient (Wildman–Crippen LogP) is 3.87. The number of fused-ring (bicyclic) bond motifs is 1. The van der Waals surface area contributed by atoms with Crippen LogP contribution in [-0.2, 0) is 16.4 Å². The molecule has 0 aliphatic carbocycles. The van der Waals surface area contributed by atoms with Crippen molar-refractivity contribution in [2.75, 3.05) is 36.7 Å². The minimum absolute atomic E-state index is 0.518. The van der Waals surface area contributed by atoms with E-state index in [1.54, 1.807) is 0 Å². The number of hydrogen-bond donors (Lipinski definition) is 1. The van der Waals surface area contributed by atoms with Crippen molar-refractivity contribution in [3.8, 4) is 0 Å². The Labute approximate surface area is 183 Å². The van der Waals surface area contributed by atoms with Crippen LogP contribution in [0.15, 0.2) is 48.5 Å². The summed E-state index contributed by atoms with van der Waals surface area (Å²) in [6.07, 6.45) is 5.42. The number of halogens is 1. The number of nitrogens with zero attached hydrogens (tertiary/aromatic N) is 2. The molecule has 0 bridgehead atoms. The van der Waals surface area contributed by atoms with Crippen LogP contribution in [0, 0.1) is 0 Å². The number of aryl methyl sites for hydroxylation is 1. The lowest BCUT2D eigenvalue weighted by Crippen LogP contribution is -2.35. The predicted molar refractivity (Wildman–Crippen MR) is 122 cm³/mol. The van der Waals surface area contributed by atoms with Crippen molar-refractivity contribution >= 4 is 32.9 Å². The van der Waals surface area contributed by atoms with Crippen LogP contribution in [0.1, 0.15) is 35.6 Å². The van der Waals surface area contributed by atoms with Crippen LogP contribution in [0.4, 0.5) is 5.69 Å². The van der Waals surface area contributed by atoms with Gasteiger partial charge in [-0.15, -0.1) is 0 Å². The Morgan fingerprint density at radius 1 is 1.10 bits per heavy atom. The van der Waals surface area contributed by atoms with E-state index in [1.807, 2.05) is 42.5 Å². The Balaban J connectivity index is 1.42. The quantitative estimate of drug-likeness (QED) is 0.757. The second kappa shape index (κ2) is 8.71. The third kappa shape index (κ3) is 4.72. The van der Waals surface area contributed by atoms with E-state index in [0.717, 1.165) is 54.2 Å². The highest BCUT2D eigenvalue weighted by Gasteiger charge is 2.25. The van der Waals surface area contributed by atoms with E-state index < -0.39 is 16.1 Å². The van der Waals surface area contributed by atoms with Crippen LogP contribution in [0.25, 0.3) is 5.57 Å². The van der Waals surface area contributed by atoms with Gasteiger partial charge in [0.1, 0.15) is 0 Å². The molecular formula is C23H27ClN2O3S. The van der Waals surface area contributed by atoms with Crippen molar-refractivity contribution in [1.82, 2.24) is 4.90 Å². The first kappa shape index (κ1) is 21.4.